The maximum atomic E-state index is 5.30. The molecule has 0 unspecified atom stereocenters. The standard InChI is InChI=1S/C16H17NOS/c1-12-14(11-13-7-4-3-5-8-13)9-6-10-15(12)16(19)17-18-2/h3-10H,11H2,1-2H3,(H,17,19). The van der Waals surface area contributed by atoms with Crippen molar-refractivity contribution < 1.29 is 4.84 Å². The van der Waals surface area contributed by atoms with Crippen molar-refractivity contribution in [2.24, 2.45) is 0 Å². The fourth-order valence-corrected chi connectivity index (χ4v) is 2.39. The fraction of sp³-hybridized carbons (Fsp3) is 0.188. The molecule has 0 radical (unpaired) electrons. The lowest BCUT2D eigenvalue weighted by atomic mass is 9.97. The van der Waals surface area contributed by atoms with Gasteiger partial charge in [0.15, 0.2) is 0 Å². The van der Waals surface area contributed by atoms with Gasteiger partial charge in [0.1, 0.15) is 4.99 Å². The van der Waals surface area contributed by atoms with Crippen LogP contribution in [0.5, 0.6) is 0 Å². The number of nitrogens with one attached hydrogen (secondary N) is 1. The second-order valence-electron chi connectivity index (χ2n) is 4.39. The summed E-state index contributed by atoms with van der Waals surface area (Å²) >= 11 is 5.30. The van der Waals surface area contributed by atoms with Crippen LogP contribution in [0.15, 0.2) is 48.5 Å². The molecule has 98 valence electrons. The first-order valence-electron chi connectivity index (χ1n) is 6.18. The van der Waals surface area contributed by atoms with Crippen LogP contribution in [0.2, 0.25) is 0 Å². The Morgan fingerprint density at radius 1 is 1.11 bits per heavy atom. The second kappa shape index (κ2) is 6.45. The van der Waals surface area contributed by atoms with E-state index in [4.69, 9.17) is 17.1 Å². The van der Waals surface area contributed by atoms with Crippen LogP contribution < -0.4 is 5.48 Å². The molecule has 0 aromatic heterocycles. The van der Waals surface area contributed by atoms with Crippen LogP contribution in [-0.2, 0) is 11.3 Å². The van der Waals surface area contributed by atoms with Crippen LogP contribution in [0.4, 0.5) is 0 Å². The molecule has 2 aromatic rings. The smallest absolute Gasteiger partial charge is 0.131 e. The summed E-state index contributed by atoms with van der Waals surface area (Å²) in [6, 6.07) is 16.6. The van der Waals surface area contributed by atoms with Crippen molar-refractivity contribution in [1.82, 2.24) is 5.48 Å². The van der Waals surface area contributed by atoms with Crippen molar-refractivity contribution in [3.8, 4) is 0 Å². The molecule has 0 aliphatic rings. The second-order valence-corrected chi connectivity index (χ2v) is 4.80. The molecule has 0 fully saturated rings. The number of thiocarbonyl (C=S) groups is 1. The van der Waals surface area contributed by atoms with Crippen LogP contribution in [-0.4, -0.2) is 12.1 Å². The van der Waals surface area contributed by atoms with Crippen molar-refractivity contribution in [3.05, 3.63) is 70.8 Å². The van der Waals surface area contributed by atoms with E-state index in [1.165, 1.54) is 16.7 Å². The number of hydrogen-bond donors (Lipinski definition) is 1. The minimum absolute atomic E-state index is 0.620. The highest BCUT2D eigenvalue weighted by atomic mass is 32.1. The van der Waals surface area contributed by atoms with E-state index < -0.39 is 0 Å². The number of rotatable bonds is 4. The summed E-state index contributed by atoms with van der Waals surface area (Å²) < 4.78 is 0. The molecule has 0 amide bonds. The van der Waals surface area contributed by atoms with Crippen LogP contribution in [0, 0.1) is 6.92 Å². The largest absolute Gasteiger partial charge is 0.279 e. The predicted molar refractivity (Wildman–Crippen MR) is 82.3 cm³/mol. The van der Waals surface area contributed by atoms with E-state index in [1.807, 2.05) is 18.2 Å². The van der Waals surface area contributed by atoms with Gasteiger partial charge in [-0.25, -0.2) is 0 Å². The van der Waals surface area contributed by atoms with Crippen LogP contribution >= 0.6 is 12.2 Å². The number of hydroxylamine groups is 1. The summed E-state index contributed by atoms with van der Waals surface area (Å²) in [6.07, 6.45) is 0.913. The molecule has 0 saturated carbocycles. The third-order valence-electron chi connectivity index (χ3n) is 3.12. The van der Waals surface area contributed by atoms with Crippen molar-refractivity contribution in [3.63, 3.8) is 0 Å². The maximum Gasteiger partial charge on any atom is 0.131 e. The normalized spacial score (nSPS) is 10.2. The first-order valence-corrected chi connectivity index (χ1v) is 6.59. The van der Waals surface area contributed by atoms with Crippen molar-refractivity contribution in [2.45, 2.75) is 13.3 Å². The summed E-state index contributed by atoms with van der Waals surface area (Å²) in [5.41, 5.74) is 7.52. The molecule has 2 nitrogen and oxygen atoms in total. The highest BCUT2D eigenvalue weighted by molar-refractivity contribution is 7.80. The van der Waals surface area contributed by atoms with Crippen molar-refractivity contribution in [2.75, 3.05) is 7.11 Å². The van der Waals surface area contributed by atoms with E-state index in [0.29, 0.717) is 4.99 Å². The van der Waals surface area contributed by atoms with Gasteiger partial charge < -0.3 is 0 Å². The number of benzene rings is 2. The van der Waals surface area contributed by atoms with Gasteiger partial charge in [-0.3, -0.25) is 10.3 Å². The molecule has 0 bridgehead atoms. The minimum Gasteiger partial charge on any atom is -0.279 e. The molecular weight excluding hydrogens is 254 g/mol. The van der Waals surface area contributed by atoms with E-state index in [-0.39, 0.29) is 0 Å². The molecule has 0 aliphatic carbocycles. The lowest BCUT2D eigenvalue weighted by Crippen LogP contribution is -2.21. The molecule has 19 heavy (non-hydrogen) atoms. The zero-order valence-electron chi connectivity index (χ0n) is 11.1. The molecule has 0 atom stereocenters. The number of hydrogen-bond acceptors (Lipinski definition) is 2. The summed E-state index contributed by atoms with van der Waals surface area (Å²) in [4.78, 5) is 5.50. The predicted octanol–water partition coefficient (Wildman–Crippen LogP) is 3.41. The molecule has 0 spiro atoms. The van der Waals surface area contributed by atoms with Gasteiger partial charge in [-0.05, 0) is 30.0 Å². The van der Waals surface area contributed by atoms with E-state index in [9.17, 15) is 0 Å². The Morgan fingerprint density at radius 2 is 1.84 bits per heavy atom. The first kappa shape index (κ1) is 13.7. The van der Waals surface area contributed by atoms with Gasteiger partial charge >= 0.3 is 0 Å². The van der Waals surface area contributed by atoms with Gasteiger partial charge in [0.25, 0.3) is 0 Å². The topological polar surface area (TPSA) is 21.3 Å². The monoisotopic (exact) mass is 271 g/mol. The zero-order chi connectivity index (χ0) is 13.7. The summed E-state index contributed by atoms with van der Waals surface area (Å²) in [5, 5.41) is 0. The molecular formula is C16H17NOS. The van der Waals surface area contributed by atoms with Gasteiger partial charge in [0.05, 0.1) is 7.11 Å². The Balaban J connectivity index is 2.27. The summed E-state index contributed by atoms with van der Waals surface area (Å²) in [7, 11) is 1.56. The van der Waals surface area contributed by atoms with E-state index in [1.54, 1.807) is 7.11 Å². The first-order chi connectivity index (χ1) is 9.22. The maximum absolute atomic E-state index is 5.30. The lowest BCUT2D eigenvalue weighted by molar-refractivity contribution is 0.147. The average molecular weight is 271 g/mol. The Labute approximate surface area is 119 Å². The van der Waals surface area contributed by atoms with Gasteiger partial charge in [-0.1, -0.05) is 60.7 Å². The Kier molecular flexibility index (Phi) is 4.66. The molecule has 0 heterocycles. The third kappa shape index (κ3) is 3.40. The van der Waals surface area contributed by atoms with Crippen molar-refractivity contribution in [1.29, 1.82) is 0 Å². The van der Waals surface area contributed by atoms with Gasteiger partial charge in [-0.2, -0.15) is 0 Å². The lowest BCUT2D eigenvalue weighted by Gasteiger charge is -2.12. The van der Waals surface area contributed by atoms with Crippen LogP contribution in [0.1, 0.15) is 22.3 Å². The van der Waals surface area contributed by atoms with E-state index >= 15 is 0 Å². The average Bonchev–Trinajstić information content (AvgIpc) is 2.42. The molecule has 0 aliphatic heterocycles. The van der Waals surface area contributed by atoms with E-state index in [0.717, 1.165) is 12.0 Å². The van der Waals surface area contributed by atoms with Crippen molar-refractivity contribution >= 4 is 17.2 Å². The molecule has 2 rings (SSSR count). The van der Waals surface area contributed by atoms with Crippen LogP contribution in [0.25, 0.3) is 0 Å². The quantitative estimate of drug-likeness (QED) is 0.680. The summed E-state index contributed by atoms with van der Waals surface area (Å²) in [6.45, 7) is 2.09. The highest BCUT2D eigenvalue weighted by Crippen LogP contribution is 2.18. The molecule has 3 heteroatoms. The molecule has 0 saturated heterocycles. The van der Waals surface area contributed by atoms with Gasteiger partial charge in [0, 0.05) is 5.56 Å². The Hall–Kier alpha value is -1.71. The third-order valence-corrected chi connectivity index (χ3v) is 3.43. The van der Waals surface area contributed by atoms with Crippen LogP contribution in [0.3, 0.4) is 0 Å². The van der Waals surface area contributed by atoms with E-state index in [2.05, 4.69) is 42.7 Å². The highest BCUT2D eigenvalue weighted by Gasteiger charge is 2.08. The molecule has 1 N–H and O–H groups in total. The minimum atomic E-state index is 0.620. The zero-order valence-corrected chi connectivity index (χ0v) is 12.0. The van der Waals surface area contributed by atoms with Gasteiger partial charge in [-0.15, -0.1) is 0 Å². The Bertz CT molecular complexity index is 566. The summed E-state index contributed by atoms with van der Waals surface area (Å²) in [5.74, 6) is 0. The van der Waals surface area contributed by atoms with Gasteiger partial charge in [0.2, 0.25) is 0 Å². The fourth-order valence-electron chi connectivity index (χ4n) is 2.08. The molecule has 2 aromatic carbocycles. The Morgan fingerprint density at radius 3 is 2.53 bits per heavy atom. The SMILES string of the molecule is CONC(=S)c1cccc(Cc2ccccc2)c1C.